The van der Waals surface area contributed by atoms with Crippen LogP contribution in [0.2, 0.25) is 0 Å². The number of rotatable bonds is 5. The zero-order valence-corrected chi connectivity index (χ0v) is 7.85. The second-order valence-electron chi connectivity index (χ2n) is 2.26. The quantitative estimate of drug-likeness (QED) is 0.504. The Labute approximate surface area is 76.2 Å². The highest BCUT2D eigenvalue weighted by molar-refractivity contribution is 6.64. The molecule has 0 saturated heterocycles. The highest BCUT2D eigenvalue weighted by Gasteiger charge is 2.15. The van der Waals surface area contributed by atoms with Gasteiger partial charge in [0.2, 0.25) is 5.24 Å². The van der Waals surface area contributed by atoms with E-state index < -0.39 is 11.3 Å². The van der Waals surface area contributed by atoms with Crippen LogP contribution < -0.4 is 5.32 Å². The summed E-state index contributed by atoms with van der Waals surface area (Å²) in [4.78, 5) is 21.3. The fourth-order valence-electron chi connectivity index (χ4n) is 0.736. The Bertz CT molecular complexity index is 172. The average Bonchev–Trinajstić information content (AvgIpc) is 2.04. The van der Waals surface area contributed by atoms with Crippen LogP contribution in [0.25, 0.3) is 0 Å². The number of halogens is 1. The average molecular weight is 194 g/mol. The van der Waals surface area contributed by atoms with Crippen molar-refractivity contribution >= 4 is 22.8 Å². The SMILES string of the molecule is CN[C@@H](CCC(=O)OC)C(=O)Cl. The van der Waals surface area contributed by atoms with Crippen molar-refractivity contribution < 1.29 is 14.3 Å². The Kier molecular flexibility index (Phi) is 5.66. The molecule has 0 unspecified atom stereocenters. The first-order chi connectivity index (χ1) is 5.61. The number of methoxy groups -OCH3 is 1. The molecule has 4 nitrogen and oxygen atoms in total. The molecule has 0 fully saturated rings. The molecule has 0 aliphatic heterocycles. The molecule has 0 saturated carbocycles. The Balaban J connectivity index is 3.73. The van der Waals surface area contributed by atoms with Gasteiger partial charge in [0.1, 0.15) is 0 Å². The molecular formula is C7H12ClNO3. The van der Waals surface area contributed by atoms with Crippen LogP contribution in [0.4, 0.5) is 0 Å². The van der Waals surface area contributed by atoms with E-state index in [4.69, 9.17) is 11.6 Å². The summed E-state index contributed by atoms with van der Waals surface area (Å²) >= 11 is 5.22. The monoisotopic (exact) mass is 193 g/mol. The summed E-state index contributed by atoms with van der Waals surface area (Å²) in [7, 11) is 2.92. The van der Waals surface area contributed by atoms with Crippen molar-refractivity contribution in [2.24, 2.45) is 0 Å². The van der Waals surface area contributed by atoms with Crippen LogP contribution in [0.3, 0.4) is 0 Å². The summed E-state index contributed by atoms with van der Waals surface area (Å²) < 4.78 is 4.40. The lowest BCUT2D eigenvalue weighted by atomic mass is 10.2. The number of hydrogen-bond acceptors (Lipinski definition) is 4. The Morgan fingerprint density at radius 2 is 2.17 bits per heavy atom. The van der Waals surface area contributed by atoms with Crippen LogP contribution in [0.1, 0.15) is 12.8 Å². The molecule has 0 aliphatic rings. The molecule has 0 bridgehead atoms. The maximum absolute atomic E-state index is 10.7. The summed E-state index contributed by atoms with van der Waals surface area (Å²) in [6.45, 7) is 0. The fourth-order valence-corrected chi connectivity index (χ4v) is 0.954. The summed E-state index contributed by atoms with van der Waals surface area (Å²) in [5, 5.41) is 2.21. The van der Waals surface area contributed by atoms with E-state index in [0.29, 0.717) is 6.42 Å². The third-order valence-electron chi connectivity index (χ3n) is 1.49. The van der Waals surface area contributed by atoms with Gasteiger partial charge in [-0.25, -0.2) is 0 Å². The van der Waals surface area contributed by atoms with Gasteiger partial charge in [0, 0.05) is 6.42 Å². The van der Waals surface area contributed by atoms with Gasteiger partial charge in [-0.05, 0) is 25.1 Å². The van der Waals surface area contributed by atoms with Crippen LogP contribution in [-0.2, 0) is 14.3 Å². The van der Waals surface area contributed by atoms with E-state index >= 15 is 0 Å². The molecule has 0 rings (SSSR count). The van der Waals surface area contributed by atoms with E-state index in [1.54, 1.807) is 7.05 Å². The molecule has 0 spiro atoms. The number of nitrogens with one attached hydrogen (secondary N) is 1. The van der Waals surface area contributed by atoms with E-state index in [-0.39, 0.29) is 12.4 Å². The topological polar surface area (TPSA) is 55.4 Å². The Hall–Kier alpha value is -0.610. The van der Waals surface area contributed by atoms with Gasteiger partial charge >= 0.3 is 5.97 Å². The van der Waals surface area contributed by atoms with E-state index in [0.717, 1.165) is 0 Å². The number of carbonyl (C=O) groups is 2. The molecule has 0 amide bonds. The van der Waals surface area contributed by atoms with Crippen molar-refractivity contribution in [1.29, 1.82) is 0 Å². The number of likely N-dealkylation sites (N-methyl/N-ethyl adjacent to an activating group) is 1. The van der Waals surface area contributed by atoms with Crippen molar-refractivity contribution in [2.75, 3.05) is 14.2 Å². The van der Waals surface area contributed by atoms with Gasteiger partial charge in [0.15, 0.2) is 0 Å². The second-order valence-corrected chi connectivity index (χ2v) is 2.63. The largest absolute Gasteiger partial charge is 0.469 e. The number of ether oxygens (including phenoxy) is 1. The van der Waals surface area contributed by atoms with Crippen molar-refractivity contribution in [3.05, 3.63) is 0 Å². The van der Waals surface area contributed by atoms with Gasteiger partial charge in [-0.2, -0.15) is 0 Å². The minimum Gasteiger partial charge on any atom is -0.469 e. The third kappa shape index (κ3) is 4.31. The molecule has 12 heavy (non-hydrogen) atoms. The lowest BCUT2D eigenvalue weighted by Gasteiger charge is -2.09. The maximum atomic E-state index is 10.7. The molecule has 0 aromatic carbocycles. The van der Waals surface area contributed by atoms with E-state index in [9.17, 15) is 9.59 Å². The molecule has 0 aromatic rings. The normalized spacial score (nSPS) is 12.2. The molecule has 0 heterocycles. The first kappa shape index (κ1) is 11.4. The first-order valence-corrected chi connectivity index (χ1v) is 3.93. The minimum absolute atomic E-state index is 0.195. The van der Waals surface area contributed by atoms with Crippen LogP contribution in [-0.4, -0.2) is 31.4 Å². The smallest absolute Gasteiger partial charge is 0.305 e. The first-order valence-electron chi connectivity index (χ1n) is 3.55. The molecule has 0 aromatic heterocycles. The van der Waals surface area contributed by atoms with Crippen LogP contribution in [0, 0.1) is 0 Å². The lowest BCUT2D eigenvalue weighted by Crippen LogP contribution is -2.31. The van der Waals surface area contributed by atoms with Crippen molar-refractivity contribution in [3.8, 4) is 0 Å². The van der Waals surface area contributed by atoms with E-state index in [2.05, 4.69) is 10.1 Å². The van der Waals surface area contributed by atoms with Gasteiger partial charge in [0.25, 0.3) is 0 Å². The summed E-state index contributed by atoms with van der Waals surface area (Å²) in [6.07, 6.45) is 0.561. The molecule has 70 valence electrons. The predicted molar refractivity (Wildman–Crippen MR) is 45.0 cm³/mol. The van der Waals surface area contributed by atoms with Crippen molar-refractivity contribution in [2.45, 2.75) is 18.9 Å². The standard InChI is InChI=1S/C7H12ClNO3/c1-9-5(7(8)11)3-4-6(10)12-2/h5,9H,3-4H2,1-2H3/t5-/m0/s1. The fraction of sp³-hybridized carbons (Fsp3) is 0.714. The number of hydrogen-bond donors (Lipinski definition) is 1. The van der Waals surface area contributed by atoms with Crippen LogP contribution in [0.5, 0.6) is 0 Å². The zero-order chi connectivity index (χ0) is 9.56. The Morgan fingerprint density at radius 3 is 2.50 bits per heavy atom. The number of carbonyl (C=O) groups excluding carboxylic acids is 2. The van der Waals surface area contributed by atoms with Gasteiger partial charge in [0.05, 0.1) is 13.2 Å². The lowest BCUT2D eigenvalue weighted by molar-refractivity contribution is -0.140. The molecule has 1 atom stereocenters. The highest BCUT2D eigenvalue weighted by atomic mass is 35.5. The van der Waals surface area contributed by atoms with E-state index in [1.807, 2.05) is 0 Å². The van der Waals surface area contributed by atoms with Gasteiger partial charge in [-0.15, -0.1) is 0 Å². The summed E-state index contributed by atoms with van der Waals surface area (Å²) in [5.74, 6) is -0.340. The zero-order valence-electron chi connectivity index (χ0n) is 7.09. The van der Waals surface area contributed by atoms with Gasteiger partial charge in [-0.3, -0.25) is 9.59 Å². The summed E-state index contributed by atoms with van der Waals surface area (Å²) in [6, 6.07) is -0.467. The summed E-state index contributed by atoms with van der Waals surface area (Å²) in [5.41, 5.74) is 0. The molecular weight excluding hydrogens is 182 g/mol. The van der Waals surface area contributed by atoms with Crippen LogP contribution >= 0.6 is 11.6 Å². The van der Waals surface area contributed by atoms with Crippen molar-refractivity contribution in [1.82, 2.24) is 5.32 Å². The number of esters is 1. The predicted octanol–water partition coefficient (Wildman–Crippen LogP) is 0.293. The van der Waals surface area contributed by atoms with Crippen LogP contribution in [0.15, 0.2) is 0 Å². The minimum atomic E-state index is -0.485. The van der Waals surface area contributed by atoms with Crippen molar-refractivity contribution in [3.63, 3.8) is 0 Å². The van der Waals surface area contributed by atoms with Gasteiger partial charge < -0.3 is 10.1 Å². The molecule has 5 heteroatoms. The second kappa shape index (κ2) is 5.97. The Morgan fingerprint density at radius 1 is 1.58 bits per heavy atom. The van der Waals surface area contributed by atoms with Gasteiger partial charge in [-0.1, -0.05) is 0 Å². The molecule has 0 aliphatic carbocycles. The molecule has 0 radical (unpaired) electrons. The highest BCUT2D eigenvalue weighted by Crippen LogP contribution is 2.01. The maximum Gasteiger partial charge on any atom is 0.305 e. The van der Waals surface area contributed by atoms with E-state index in [1.165, 1.54) is 7.11 Å². The third-order valence-corrected chi connectivity index (χ3v) is 1.75. The molecule has 1 N–H and O–H groups in total.